The number of carbonyl (C=O) groups is 1. The Kier molecular flexibility index (Phi) is 4.09. The van der Waals surface area contributed by atoms with Crippen LogP contribution in [0.4, 0.5) is 0 Å². The van der Waals surface area contributed by atoms with Gasteiger partial charge in [0, 0.05) is 16.5 Å². The van der Waals surface area contributed by atoms with Crippen LogP contribution >= 0.6 is 23.2 Å². The molecule has 0 aliphatic heterocycles. The first-order valence-electron chi connectivity index (χ1n) is 5.59. The van der Waals surface area contributed by atoms with Gasteiger partial charge in [-0.2, -0.15) is 5.10 Å². The lowest BCUT2D eigenvalue weighted by Crippen LogP contribution is -2.31. The van der Waals surface area contributed by atoms with Crippen LogP contribution in [0.5, 0.6) is 5.75 Å². The number of benzene rings is 1. The molecule has 0 heterocycles. The Morgan fingerprint density at radius 3 is 2.78 bits per heavy atom. The summed E-state index contributed by atoms with van der Waals surface area (Å²) in [6.07, 6.45) is 4.24. The molecule has 1 amide bonds. The number of nitrogens with zero attached hydrogens (tertiary/aromatic N) is 1. The van der Waals surface area contributed by atoms with Crippen molar-refractivity contribution in [3.8, 4) is 5.75 Å². The number of hydrogen-bond donors (Lipinski definition) is 2. The standard InChI is InChI=1S/C12H12Cl2N2O2/c13-9-4-8(11(17)10(14)5-9)6-15-16-12(18)7-2-1-3-7/h4-7,17H,1-3H2,(H,16,18). The van der Waals surface area contributed by atoms with Gasteiger partial charge in [-0.3, -0.25) is 4.79 Å². The number of halogens is 2. The van der Waals surface area contributed by atoms with Gasteiger partial charge < -0.3 is 5.11 Å². The number of aromatic hydroxyl groups is 1. The minimum absolute atomic E-state index is 0.0682. The molecular formula is C12H12Cl2N2O2. The fraction of sp³-hybridized carbons (Fsp3) is 0.333. The third-order valence-corrected chi connectivity index (χ3v) is 3.42. The van der Waals surface area contributed by atoms with Gasteiger partial charge in [-0.1, -0.05) is 29.6 Å². The average molecular weight is 287 g/mol. The highest BCUT2D eigenvalue weighted by atomic mass is 35.5. The van der Waals surface area contributed by atoms with Crippen molar-refractivity contribution in [3.05, 3.63) is 27.7 Å². The summed E-state index contributed by atoms with van der Waals surface area (Å²) in [4.78, 5) is 11.5. The smallest absolute Gasteiger partial charge is 0.243 e. The molecule has 1 saturated carbocycles. The van der Waals surface area contributed by atoms with Crippen molar-refractivity contribution < 1.29 is 9.90 Å². The third-order valence-electron chi connectivity index (χ3n) is 2.91. The highest BCUT2D eigenvalue weighted by Gasteiger charge is 2.24. The highest BCUT2D eigenvalue weighted by molar-refractivity contribution is 6.36. The van der Waals surface area contributed by atoms with Crippen LogP contribution < -0.4 is 5.43 Å². The molecule has 0 aromatic heterocycles. The van der Waals surface area contributed by atoms with Crippen LogP contribution in [0.2, 0.25) is 10.0 Å². The van der Waals surface area contributed by atoms with Gasteiger partial charge in [0.15, 0.2) is 0 Å². The Hall–Kier alpha value is -1.26. The van der Waals surface area contributed by atoms with Crippen molar-refractivity contribution in [2.75, 3.05) is 0 Å². The molecule has 96 valence electrons. The number of phenols is 1. The van der Waals surface area contributed by atoms with Crippen LogP contribution in [-0.2, 0) is 4.79 Å². The molecule has 0 atom stereocenters. The molecule has 0 radical (unpaired) electrons. The number of amides is 1. The average Bonchev–Trinajstić information content (AvgIpc) is 2.22. The van der Waals surface area contributed by atoms with E-state index in [9.17, 15) is 9.90 Å². The molecule has 1 aliphatic carbocycles. The van der Waals surface area contributed by atoms with Gasteiger partial charge in [0.25, 0.3) is 0 Å². The number of phenolic OH excluding ortho intramolecular Hbond substituents is 1. The summed E-state index contributed by atoms with van der Waals surface area (Å²) in [5.41, 5.74) is 2.79. The predicted octanol–water partition coefficient (Wildman–Crippen LogP) is 2.95. The maximum atomic E-state index is 11.5. The monoisotopic (exact) mass is 286 g/mol. The normalized spacial score (nSPS) is 15.7. The maximum absolute atomic E-state index is 11.5. The Labute approximate surface area is 115 Å². The van der Waals surface area contributed by atoms with Crippen LogP contribution in [0, 0.1) is 5.92 Å². The molecule has 2 rings (SSSR count). The summed E-state index contributed by atoms with van der Waals surface area (Å²) in [6.45, 7) is 0. The number of hydrogen-bond acceptors (Lipinski definition) is 3. The second-order valence-electron chi connectivity index (χ2n) is 4.19. The van der Waals surface area contributed by atoms with Crippen molar-refractivity contribution in [2.24, 2.45) is 11.0 Å². The lowest BCUT2D eigenvalue weighted by molar-refractivity contribution is -0.127. The summed E-state index contributed by atoms with van der Waals surface area (Å²) < 4.78 is 0. The first kappa shape index (κ1) is 13.2. The molecular weight excluding hydrogens is 275 g/mol. The van der Waals surface area contributed by atoms with Crippen LogP contribution in [0.25, 0.3) is 0 Å². The van der Waals surface area contributed by atoms with E-state index in [2.05, 4.69) is 10.5 Å². The SMILES string of the molecule is O=C(NN=Cc1cc(Cl)cc(Cl)c1O)C1CCC1. The fourth-order valence-electron chi connectivity index (χ4n) is 1.61. The molecule has 1 aromatic rings. The molecule has 1 fully saturated rings. The van der Waals surface area contributed by atoms with E-state index in [0.717, 1.165) is 19.3 Å². The first-order valence-corrected chi connectivity index (χ1v) is 6.34. The molecule has 6 heteroatoms. The van der Waals surface area contributed by atoms with Crippen LogP contribution in [0.1, 0.15) is 24.8 Å². The highest BCUT2D eigenvalue weighted by Crippen LogP contribution is 2.30. The number of nitrogens with one attached hydrogen (secondary N) is 1. The fourth-order valence-corrected chi connectivity index (χ4v) is 2.12. The Bertz CT molecular complexity index is 499. The molecule has 18 heavy (non-hydrogen) atoms. The Morgan fingerprint density at radius 1 is 1.44 bits per heavy atom. The lowest BCUT2D eigenvalue weighted by Gasteiger charge is -2.22. The van der Waals surface area contributed by atoms with E-state index in [0.29, 0.717) is 10.6 Å². The molecule has 0 bridgehead atoms. The Balaban J connectivity index is 2.02. The third kappa shape index (κ3) is 2.94. The first-order chi connectivity index (χ1) is 8.58. The maximum Gasteiger partial charge on any atom is 0.243 e. The Morgan fingerprint density at radius 2 is 2.17 bits per heavy atom. The van der Waals surface area contributed by atoms with E-state index in [1.165, 1.54) is 18.3 Å². The van der Waals surface area contributed by atoms with Crippen molar-refractivity contribution in [1.82, 2.24) is 5.43 Å². The molecule has 0 saturated heterocycles. The minimum atomic E-state index is -0.109. The van der Waals surface area contributed by atoms with Crippen LogP contribution in [0.15, 0.2) is 17.2 Å². The van der Waals surface area contributed by atoms with Gasteiger partial charge in [-0.25, -0.2) is 5.43 Å². The van der Waals surface area contributed by atoms with E-state index in [4.69, 9.17) is 23.2 Å². The zero-order valence-corrected chi connectivity index (χ0v) is 11.0. The van der Waals surface area contributed by atoms with Crippen molar-refractivity contribution in [2.45, 2.75) is 19.3 Å². The second-order valence-corrected chi connectivity index (χ2v) is 5.03. The van der Waals surface area contributed by atoms with Crippen LogP contribution in [0.3, 0.4) is 0 Å². The van der Waals surface area contributed by atoms with E-state index >= 15 is 0 Å². The van der Waals surface area contributed by atoms with Crippen molar-refractivity contribution in [1.29, 1.82) is 0 Å². The number of hydrazone groups is 1. The second kappa shape index (κ2) is 5.59. The van der Waals surface area contributed by atoms with E-state index < -0.39 is 0 Å². The van der Waals surface area contributed by atoms with Crippen molar-refractivity contribution >= 4 is 35.3 Å². The minimum Gasteiger partial charge on any atom is -0.506 e. The summed E-state index contributed by atoms with van der Waals surface area (Å²) in [5.74, 6) is -0.133. The predicted molar refractivity (Wildman–Crippen MR) is 71.2 cm³/mol. The number of rotatable bonds is 3. The number of carbonyl (C=O) groups excluding carboxylic acids is 1. The summed E-state index contributed by atoms with van der Waals surface area (Å²) in [5, 5.41) is 14.0. The summed E-state index contributed by atoms with van der Waals surface area (Å²) in [7, 11) is 0. The van der Waals surface area contributed by atoms with Gasteiger partial charge >= 0.3 is 0 Å². The zero-order chi connectivity index (χ0) is 13.1. The molecule has 0 unspecified atom stereocenters. The molecule has 0 spiro atoms. The van der Waals surface area contributed by atoms with Crippen molar-refractivity contribution in [3.63, 3.8) is 0 Å². The zero-order valence-electron chi connectivity index (χ0n) is 9.49. The molecule has 2 N–H and O–H groups in total. The molecule has 1 aromatic carbocycles. The van der Waals surface area contributed by atoms with Gasteiger partial charge in [-0.05, 0) is 25.0 Å². The molecule has 4 nitrogen and oxygen atoms in total. The van der Waals surface area contributed by atoms with E-state index in [-0.39, 0.29) is 22.6 Å². The van der Waals surface area contributed by atoms with E-state index in [1.54, 1.807) is 0 Å². The lowest BCUT2D eigenvalue weighted by atomic mass is 9.85. The van der Waals surface area contributed by atoms with Gasteiger partial charge in [0.05, 0.1) is 11.2 Å². The van der Waals surface area contributed by atoms with E-state index in [1.807, 2.05) is 0 Å². The summed E-state index contributed by atoms with van der Waals surface area (Å²) >= 11 is 11.6. The quantitative estimate of drug-likeness (QED) is 0.663. The summed E-state index contributed by atoms with van der Waals surface area (Å²) in [6, 6.07) is 2.95. The van der Waals surface area contributed by atoms with Gasteiger partial charge in [-0.15, -0.1) is 0 Å². The van der Waals surface area contributed by atoms with Gasteiger partial charge in [0.1, 0.15) is 5.75 Å². The molecule has 1 aliphatic rings. The largest absolute Gasteiger partial charge is 0.506 e. The van der Waals surface area contributed by atoms with Crippen LogP contribution in [-0.4, -0.2) is 17.2 Å². The topological polar surface area (TPSA) is 61.7 Å². The van der Waals surface area contributed by atoms with Gasteiger partial charge in [0.2, 0.25) is 5.91 Å².